The summed E-state index contributed by atoms with van der Waals surface area (Å²) in [5, 5.41) is 14.9. The average molecular weight is 375 g/mol. The van der Waals surface area contributed by atoms with Gasteiger partial charge in [-0.3, -0.25) is 4.79 Å². The van der Waals surface area contributed by atoms with Gasteiger partial charge in [-0.15, -0.1) is 11.3 Å². The van der Waals surface area contributed by atoms with Crippen LogP contribution in [0.3, 0.4) is 0 Å². The van der Waals surface area contributed by atoms with Crippen LogP contribution in [0.5, 0.6) is 11.5 Å². The fourth-order valence-corrected chi connectivity index (χ4v) is 3.67. The molecule has 0 aliphatic rings. The highest BCUT2D eigenvalue weighted by atomic mass is 35.5. The number of phenolic OH excluding ortho intramolecular Hbond substituents is 1. The van der Waals surface area contributed by atoms with E-state index in [0.717, 1.165) is 10.1 Å². The van der Waals surface area contributed by atoms with Crippen LogP contribution in [-0.2, 0) is 0 Å². The van der Waals surface area contributed by atoms with Gasteiger partial charge in [0.2, 0.25) is 0 Å². The highest BCUT2D eigenvalue weighted by Gasteiger charge is 2.16. The third-order valence-electron chi connectivity index (χ3n) is 3.40. The Balaban J connectivity index is 1.74. The smallest absolute Gasteiger partial charge is 0.283 e. The van der Waals surface area contributed by atoms with Crippen molar-refractivity contribution in [3.63, 3.8) is 0 Å². The van der Waals surface area contributed by atoms with E-state index >= 15 is 0 Å². The molecule has 0 atom stereocenters. The van der Waals surface area contributed by atoms with Crippen LogP contribution in [0, 0.1) is 0 Å². The number of benzene rings is 2. The molecule has 0 radical (unpaired) electrons. The van der Waals surface area contributed by atoms with E-state index in [2.05, 4.69) is 10.5 Å². The Morgan fingerprint density at radius 1 is 1.36 bits per heavy atom. The lowest BCUT2D eigenvalue weighted by molar-refractivity contribution is 0.0959. The van der Waals surface area contributed by atoms with E-state index in [0.29, 0.717) is 27.8 Å². The zero-order valence-electron chi connectivity index (χ0n) is 13.3. The molecule has 3 aromatic rings. The minimum atomic E-state index is -0.369. The van der Waals surface area contributed by atoms with E-state index in [-0.39, 0.29) is 11.7 Å². The molecule has 0 fully saturated rings. The molecule has 3 rings (SSSR count). The number of phenols is 1. The second kappa shape index (κ2) is 7.55. The van der Waals surface area contributed by atoms with Crippen molar-refractivity contribution in [1.29, 1.82) is 0 Å². The van der Waals surface area contributed by atoms with Crippen LogP contribution < -0.4 is 10.2 Å². The number of nitrogens with one attached hydrogen (secondary N) is 1. The van der Waals surface area contributed by atoms with Crippen LogP contribution in [-0.4, -0.2) is 23.8 Å². The molecule has 7 heteroatoms. The molecule has 1 aromatic heterocycles. The first-order chi connectivity index (χ1) is 12.1. The summed E-state index contributed by atoms with van der Waals surface area (Å²) in [6, 6.07) is 12.4. The van der Waals surface area contributed by atoms with Gasteiger partial charge >= 0.3 is 0 Å². The molecule has 1 amide bonds. The van der Waals surface area contributed by atoms with Crippen molar-refractivity contribution in [1.82, 2.24) is 5.43 Å². The van der Waals surface area contributed by atoms with E-state index in [1.807, 2.05) is 31.2 Å². The Labute approximate surface area is 153 Å². The topological polar surface area (TPSA) is 70.9 Å². The molecular weight excluding hydrogens is 360 g/mol. The Morgan fingerprint density at radius 3 is 2.92 bits per heavy atom. The highest BCUT2D eigenvalue weighted by molar-refractivity contribution is 7.21. The van der Waals surface area contributed by atoms with E-state index in [1.54, 1.807) is 12.1 Å². The zero-order valence-corrected chi connectivity index (χ0v) is 14.9. The molecule has 25 heavy (non-hydrogen) atoms. The molecule has 2 aromatic carbocycles. The third kappa shape index (κ3) is 3.75. The number of hydrogen-bond acceptors (Lipinski definition) is 5. The van der Waals surface area contributed by atoms with Crippen molar-refractivity contribution in [3.05, 3.63) is 57.9 Å². The van der Waals surface area contributed by atoms with Crippen LogP contribution in [0.25, 0.3) is 10.1 Å². The Hall–Kier alpha value is -2.57. The maximum absolute atomic E-state index is 12.3. The SMILES string of the molecule is CCOc1cc(C=NNC(=O)c2sc3ccccc3c2Cl)ccc1O. The average Bonchev–Trinajstić information content (AvgIpc) is 2.95. The first-order valence-corrected chi connectivity index (χ1v) is 8.76. The molecule has 0 spiro atoms. The predicted molar refractivity (Wildman–Crippen MR) is 101 cm³/mol. The summed E-state index contributed by atoms with van der Waals surface area (Å²) in [7, 11) is 0. The van der Waals surface area contributed by atoms with Crippen LogP contribution in [0.4, 0.5) is 0 Å². The molecule has 0 aliphatic heterocycles. The molecule has 0 aliphatic carbocycles. The number of rotatable bonds is 5. The number of thiophene rings is 1. The standard InChI is InChI=1S/C18H15ClN2O3S/c1-2-24-14-9-11(7-8-13(14)22)10-20-21-18(23)17-16(19)12-5-3-4-6-15(12)25-17/h3-10,22H,2H2,1H3,(H,21,23). The molecule has 0 saturated carbocycles. The molecule has 1 heterocycles. The number of amides is 1. The first kappa shape index (κ1) is 17.3. The lowest BCUT2D eigenvalue weighted by atomic mass is 10.2. The minimum absolute atomic E-state index is 0.0556. The van der Waals surface area contributed by atoms with Gasteiger partial charge in [-0.1, -0.05) is 29.8 Å². The van der Waals surface area contributed by atoms with E-state index < -0.39 is 0 Å². The first-order valence-electron chi connectivity index (χ1n) is 7.56. The van der Waals surface area contributed by atoms with Crippen LogP contribution in [0.15, 0.2) is 47.6 Å². The Kier molecular flexibility index (Phi) is 5.21. The molecule has 0 bridgehead atoms. The van der Waals surface area contributed by atoms with Gasteiger partial charge in [0.15, 0.2) is 11.5 Å². The largest absolute Gasteiger partial charge is 0.504 e. The summed E-state index contributed by atoms with van der Waals surface area (Å²) in [6.45, 7) is 2.27. The molecule has 128 valence electrons. The number of aromatic hydroxyl groups is 1. The van der Waals surface area contributed by atoms with E-state index in [9.17, 15) is 9.90 Å². The number of nitrogens with zero attached hydrogens (tertiary/aromatic N) is 1. The number of ether oxygens (including phenoxy) is 1. The lowest BCUT2D eigenvalue weighted by Gasteiger charge is -2.05. The van der Waals surface area contributed by atoms with Crippen molar-refractivity contribution in [2.45, 2.75) is 6.92 Å². The monoisotopic (exact) mass is 374 g/mol. The molecule has 0 saturated heterocycles. The minimum Gasteiger partial charge on any atom is -0.504 e. The van der Waals surface area contributed by atoms with Gasteiger partial charge in [0.05, 0.1) is 17.8 Å². The summed E-state index contributed by atoms with van der Waals surface area (Å²) >= 11 is 7.59. The quantitative estimate of drug-likeness (QED) is 0.513. The third-order valence-corrected chi connectivity index (χ3v) is 5.08. The van der Waals surface area contributed by atoms with Crippen LogP contribution >= 0.6 is 22.9 Å². The second-order valence-corrected chi connectivity index (χ2v) is 6.53. The molecule has 2 N–H and O–H groups in total. The summed E-state index contributed by atoms with van der Waals surface area (Å²) in [6.07, 6.45) is 1.47. The normalized spacial score (nSPS) is 11.1. The lowest BCUT2D eigenvalue weighted by Crippen LogP contribution is -2.16. The maximum Gasteiger partial charge on any atom is 0.283 e. The Bertz CT molecular complexity index is 953. The fraction of sp³-hybridized carbons (Fsp3) is 0.111. The fourth-order valence-electron chi connectivity index (χ4n) is 2.26. The van der Waals surface area contributed by atoms with Gasteiger partial charge < -0.3 is 9.84 Å². The summed E-state index contributed by atoms with van der Waals surface area (Å²) < 4.78 is 6.25. The van der Waals surface area contributed by atoms with Gasteiger partial charge in [-0.2, -0.15) is 5.10 Å². The zero-order chi connectivity index (χ0) is 17.8. The van der Waals surface area contributed by atoms with Gasteiger partial charge in [0, 0.05) is 10.1 Å². The number of fused-ring (bicyclic) bond motifs is 1. The van der Waals surface area contributed by atoms with Crippen molar-refractivity contribution in [2.75, 3.05) is 6.61 Å². The van der Waals surface area contributed by atoms with E-state index in [1.165, 1.54) is 23.6 Å². The van der Waals surface area contributed by atoms with Gasteiger partial charge in [-0.05, 0) is 36.8 Å². The number of hydrazone groups is 1. The molecule has 0 unspecified atom stereocenters. The second-order valence-electron chi connectivity index (χ2n) is 5.10. The maximum atomic E-state index is 12.3. The van der Waals surface area contributed by atoms with Crippen molar-refractivity contribution >= 4 is 45.1 Å². The summed E-state index contributed by atoms with van der Waals surface area (Å²) in [5.41, 5.74) is 3.15. The number of carbonyl (C=O) groups excluding carboxylic acids is 1. The molecule has 5 nitrogen and oxygen atoms in total. The Morgan fingerprint density at radius 2 is 2.16 bits per heavy atom. The van der Waals surface area contributed by atoms with Crippen molar-refractivity contribution in [3.8, 4) is 11.5 Å². The van der Waals surface area contributed by atoms with Gasteiger partial charge in [0.25, 0.3) is 5.91 Å². The number of halogens is 1. The van der Waals surface area contributed by atoms with Crippen molar-refractivity contribution in [2.24, 2.45) is 5.10 Å². The van der Waals surface area contributed by atoms with Gasteiger partial charge in [-0.25, -0.2) is 5.43 Å². The predicted octanol–water partition coefficient (Wildman–Crippen LogP) is 4.42. The highest BCUT2D eigenvalue weighted by Crippen LogP contribution is 2.35. The van der Waals surface area contributed by atoms with Crippen molar-refractivity contribution < 1.29 is 14.6 Å². The molecular formula is C18H15ClN2O3S. The number of carbonyl (C=O) groups is 1. The van der Waals surface area contributed by atoms with Crippen LogP contribution in [0.2, 0.25) is 5.02 Å². The van der Waals surface area contributed by atoms with Crippen LogP contribution in [0.1, 0.15) is 22.2 Å². The summed E-state index contributed by atoms with van der Waals surface area (Å²) in [5.74, 6) is 0.0525. The van der Waals surface area contributed by atoms with E-state index in [4.69, 9.17) is 16.3 Å². The summed E-state index contributed by atoms with van der Waals surface area (Å²) in [4.78, 5) is 12.7. The van der Waals surface area contributed by atoms with Gasteiger partial charge in [0.1, 0.15) is 4.88 Å². The number of hydrogen-bond donors (Lipinski definition) is 2.